The fraction of sp³-hybridized carbons (Fsp3) is 0.419. The van der Waals surface area contributed by atoms with Crippen molar-refractivity contribution in [2.24, 2.45) is 5.41 Å². The highest BCUT2D eigenvalue weighted by molar-refractivity contribution is 9.10. The van der Waals surface area contributed by atoms with Crippen LogP contribution in [0.15, 0.2) is 57.3 Å². The summed E-state index contributed by atoms with van der Waals surface area (Å²) >= 11 is 11.5. The predicted molar refractivity (Wildman–Crippen MR) is 172 cm³/mol. The highest BCUT2D eigenvalue weighted by Gasteiger charge is 2.42. The number of halogens is 2. The molecule has 0 saturated carbocycles. The fourth-order valence-corrected chi connectivity index (χ4v) is 7.24. The number of carbonyl (C=O) groups is 2. The smallest absolute Gasteiger partial charge is 0.260 e. The molecule has 228 valence electrons. The average Bonchev–Trinajstić information content (AvgIpc) is 3.37. The molecule has 0 bridgehead atoms. The minimum absolute atomic E-state index is 0.0652. The number of benzene rings is 2. The van der Waals surface area contributed by atoms with Gasteiger partial charge in [-0.05, 0) is 70.9 Å². The molecule has 0 spiro atoms. The summed E-state index contributed by atoms with van der Waals surface area (Å²) in [4.78, 5) is 32.8. The second-order valence-corrected chi connectivity index (χ2v) is 13.5. The Morgan fingerprint density at radius 3 is 2.67 bits per heavy atom. The molecular formula is C31H35BrClN5O4S. The molecule has 5 rings (SSSR count). The zero-order chi connectivity index (χ0) is 30.9. The Bertz CT molecular complexity index is 1590. The number of fused-ring (bicyclic) bond motifs is 1. The molecule has 12 heteroatoms. The topological polar surface area (TPSA) is 98.6 Å². The van der Waals surface area contributed by atoms with Crippen molar-refractivity contribution in [1.29, 1.82) is 0 Å². The van der Waals surface area contributed by atoms with Gasteiger partial charge in [0.15, 0.2) is 23.9 Å². The third-order valence-electron chi connectivity index (χ3n) is 7.65. The van der Waals surface area contributed by atoms with Crippen molar-refractivity contribution in [1.82, 2.24) is 19.7 Å². The van der Waals surface area contributed by atoms with Crippen molar-refractivity contribution >= 4 is 56.9 Å². The Morgan fingerprint density at radius 2 is 1.98 bits per heavy atom. The number of carbonyl (C=O) groups excluding carboxylic acids is 2. The first-order valence-electron chi connectivity index (χ1n) is 14.2. The summed E-state index contributed by atoms with van der Waals surface area (Å²) in [7, 11) is 1.55. The quantitative estimate of drug-likeness (QED) is 0.230. The molecule has 2 heterocycles. The van der Waals surface area contributed by atoms with Gasteiger partial charge in [0.1, 0.15) is 6.04 Å². The van der Waals surface area contributed by atoms with E-state index in [-0.39, 0.29) is 23.7 Å². The number of hydrogen-bond acceptors (Lipinski definition) is 8. The summed E-state index contributed by atoms with van der Waals surface area (Å²) in [5.74, 6) is 1.98. The normalized spacial score (nSPS) is 17.2. The number of rotatable bonds is 10. The Morgan fingerprint density at radius 1 is 1.23 bits per heavy atom. The number of amides is 1. The monoisotopic (exact) mass is 687 g/mol. The summed E-state index contributed by atoms with van der Waals surface area (Å²) in [6, 6.07) is 10.9. The molecule has 9 nitrogen and oxygen atoms in total. The van der Waals surface area contributed by atoms with Gasteiger partial charge in [0.2, 0.25) is 11.1 Å². The lowest BCUT2D eigenvalue weighted by atomic mass is 9.73. The first-order valence-corrected chi connectivity index (χ1v) is 16.3. The van der Waals surface area contributed by atoms with Crippen molar-refractivity contribution < 1.29 is 19.1 Å². The molecule has 2 aliphatic rings. The van der Waals surface area contributed by atoms with Crippen LogP contribution in [0.4, 0.5) is 5.95 Å². The first-order chi connectivity index (χ1) is 20.5. The zero-order valence-electron chi connectivity index (χ0n) is 24.9. The lowest BCUT2D eigenvalue weighted by Gasteiger charge is -2.38. The number of likely N-dealkylation sites (N-methyl/N-ethyl adjacent to an activating group) is 1. The number of methoxy groups -OCH3 is 1. The highest BCUT2D eigenvalue weighted by Crippen LogP contribution is 2.48. The number of allylic oxidation sites excluding steroid dienone is 2. The Kier molecular flexibility index (Phi) is 9.43. The highest BCUT2D eigenvalue weighted by atomic mass is 79.9. The van der Waals surface area contributed by atoms with E-state index in [9.17, 15) is 9.59 Å². The molecule has 43 heavy (non-hydrogen) atoms. The van der Waals surface area contributed by atoms with Crippen molar-refractivity contribution in [3.05, 3.63) is 68.3 Å². The van der Waals surface area contributed by atoms with Crippen molar-refractivity contribution in [3.8, 4) is 11.5 Å². The van der Waals surface area contributed by atoms with E-state index in [2.05, 4.69) is 35.1 Å². The number of ketones is 1. The van der Waals surface area contributed by atoms with Crippen LogP contribution >= 0.6 is 39.3 Å². The molecule has 0 fully saturated rings. The van der Waals surface area contributed by atoms with E-state index in [0.717, 1.165) is 16.8 Å². The number of Topliss-reactive ketones (excluding diaryl/α,β-unsaturated/α-hetero) is 1. The van der Waals surface area contributed by atoms with Gasteiger partial charge in [-0.15, -0.1) is 5.10 Å². The van der Waals surface area contributed by atoms with E-state index >= 15 is 0 Å². The van der Waals surface area contributed by atoms with Gasteiger partial charge in [-0.1, -0.05) is 55.4 Å². The summed E-state index contributed by atoms with van der Waals surface area (Å²) in [6.07, 6.45) is 1.13. The Balaban J connectivity index is 1.52. The van der Waals surface area contributed by atoms with E-state index in [1.54, 1.807) is 16.7 Å². The molecule has 0 saturated heterocycles. The third-order valence-corrected chi connectivity index (χ3v) is 9.49. The number of ether oxygens (including phenoxy) is 2. The molecule has 1 aromatic heterocycles. The molecule has 1 aliphatic carbocycles. The molecule has 1 N–H and O–H groups in total. The molecule has 0 radical (unpaired) electrons. The Hall–Kier alpha value is -3.02. The van der Waals surface area contributed by atoms with Crippen molar-refractivity contribution in [2.45, 2.75) is 57.5 Å². The SMILES string of the molecule is CCN(CC)C(=O)COc1c(Br)cc(C2C3=C(CC(C)(C)CC3=O)Nc3nc(SCc4ccccc4Cl)nn32)cc1OC. The first kappa shape index (κ1) is 31.4. The van der Waals surface area contributed by atoms with Gasteiger partial charge in [0.05, 0.1) is 11.6 Å². The molecule has 1 amide bonds. The van der Waals surface area contributed by atoms with E-state index in [1.807, 2.05) is 50.2 Å². The average molecular weight is 689 g/mol. The molecule has 2 aromatic carbocycles. The van der Waals surface area contributed by atoms with Gasteiger partial charge >= 0.3 is 0 Å². The van der Waals surface area contributed by atoms with E-state index in [1.165, 1.54) is 11.8 Å². The van der Waals surface area contributed by atoms with Crippen LogP contribution in [0.5, 0.6) is 11.5 Å². The number of nitrogens with zero attached hydrogens (tertiary/aromatic N) is 4. The third kappa shape index (κ3) is 6.58. The van der Waals surface area contributed by atoms with Crippen LogP contribution in [0.2, 0.25) is 5.02 Å². The number of aromatic nitrogens is 3. The van der Waals surface area contributed by atoms with Gasteiger partial charge in [-0.3, -0.25) is 9.59 Å². The van der Waals surface area contributed by atoms with Crippen LogP contribution < -0.4 is 14.8 Å². The minimum atomic E-state index is -0.534. The summed E-state index contributed by atoms with van der Waals surface area (Å²) in [6.45, 7) is 9.15. The maximum Gasteiger partial charge on any atom is 0.260 e. The molecule has 1 unspecified atom stereocenters. The van der Waals surface area contributed by atoms with E-state index in [4.69, 9.17) is 31.2 Å². The zero-order valence-corrected chi connectivity index (χ0v) is 28.0. The van der Waals surface area contributed by atoms with Gasteiger partial charge in [-0.2, -0.15) is 4.98 Å². The maximum atomic E-state index is 13.7. The van der Waals surface area contributed by atoms with Crippen LogP contribution in [0, 0.1) is 5.41 Å². The number of anilines is 1. The van der Waals surface area contributed by atoms with Gasteiger partial charge in [0.25, 0.3) is 5.91 Å². The van der Waals surface area contributed by atoms with Gasteiger partial charge in [0, 0.05) is 41.6 Å². The summed E-state index contributed by atoms with van der Waals surface area (Å²) < 4.78 is 14.1. The summed E-state index contributed by atoms with van der Waals surface area (Å²) in [5, 5.41) is 9.54. The second-order valence-electron chi connectivity index (χ2n) is 11.3. The second kappa shape index (κ2) is 12.9. The predicted octanol–water partition coefficient (Wildman–Crippen LogP) is 6.90. The molecular weight excluding hydrogens is 654 g/mol. The van der Waals surface area contributed by atoms with Crippen LogP contribution in [-0.2, 0) is 15.3 Å². The number of hydrogen-bond donors (Lipinski definition) is 1. The summed E-state index contributed by atoms with van der Waals surface area (Å²) in [5.41, 5.74) is 3.10. The molecule has 1 aliphatic heterocycles. The number of thioether (sulfide) groups is 1. The standard InChI is InChI=1S/C31H35BrClN5O4S/c1-6-37(7-2)25(40)16-42-28-20(32)12-19(13-24(28)41-5)27-26-22(14-31(3,4)15-23(26)39)34-29-35-30(36-38(27)29)43-17-18-10-8-9-11-21(18)33/h8-13,27H,6-7,14-17H2,1-5H3,(H,34,35,36). The molecule has 3 aromatic rings. The van der Waals surface area contributed by atoms with Gasteiger partial charge in [-0.25, -0.2) is 4.68 Å². The van der Waals surface area contributed by atoms with Gasteiger partial charge < -0.3 is 19.7 Å². The fourth-order valence-electron chi connectivity index (χ4n) is 5.56. The lowest BCUT2D eigenvalue weighted by molar-refractivity contribution is -0.133. The number of nitrogens with one attached hydrogen (secondary N) is 1. The van der Waals surface area contributed by atoms with Crippen molar-refractivity contribution in [3.63, 3.8) is 0 Å². The maximum absolute atomic E-state index is 13.7. The van der Waals surface area contributed by atoms with Crippen LogP contribution in [0.25, 0.3) is 0 Å². The molecule has 1 atom stereocenters. The minimum Gasteiger partial charge on any atom is -0.493 e. The van der Waals surface area contributed by atoms with E-state index in [0.29, 0.717) is 69.4 Å². The largest absolute Gasteiger partial charge is 0.493 e. The van der Waals surface area contributed by atoms with Crippen LogP contribution in [-0.4, -0.2) is 58.2 Å². The Labute approximate surface area is 269 Å². The lowest BCUT2D eigenvalue weighted by Crippen LogP contribution is -2.36. The van der Waals surface area contributed by atoms with Crippen molar-refractivity contribution in [2.75, 3.05) is 32.1 Å². The van der Waals surface area contributed by atoms with Crippen LogP contribution in [0.1, 0.15) is 57.7 Å². The van der Waals surface area contributed by atoms with E-state index < -0.39 is 6.04 Å². The van der Waals surface area contributed by atoms with Crippen LogP contribution in [0.3, 0.4) is 0 Å².